The molecule has 0 radical (unpaired) electrons. The maximum absolute atomic E-state index is 12.9. The maximum Gasteiger partial charge on any atom is 0.387 e. The van der Waals surface area contributed by atoms with Gasteiger partial charge in [0.25, 0.3) is 0 Å². The van der Waals surface area contributed by atoms with Crippen molar-refractivity contribution in [2.75, 3.05) is 39.9 Å². The zero-order valence-electron chi connectivity index (χ0n) is 17.0. The fourth-order valence-electron chi connectivity index (χ4n) is 3.81. The number of aliphatic imine (C=N–C) groups is 1. The number of nitrogens with zero attached hydrogens (tertiary/aromatic N) is 2. The van der Waals surface area contributed by atoms with Gasteiger partial charge in [-0.1, -0.05) is 12.1 Å². The van der Waals surface area contributed by atoms with Crippen LogP contribution in [0.4, 0.5) is 8.78 Å². The Morgan fingerprint density at radius 3 is 3.00 bits per heavy atom. The second kappa shape index (κ2) is 10.6. The van der Waals surface area contributed by atoms with Crippen molar-refractivity contribution in [1.29, 1.82) is 0 Å². The first-order valence-corrected chi connectivity index (χ1v) is 10.1. The van der Waals surface area contributed by atoms with Crippen LogP contribution in [-0.4, -0.2) is 69.5 Å². The molecule has 3 rings (SSSR count). The van der Waals surface area contributed by atoms with Crippen molar-refractivity contribution < 1.29 is 23.0 Å². The average Bonchev–Trinajstić information content (AvgIpc) is 3.18. The molecule has 2 unspecified atom stereocenters. The topological polar surface area (TPSA) is 67.4 Å². The van der Waals surface area contributed by atoms with Gasteiger partial charge in [-0.05, 0) is 32.4 Å². The lowest BCUT2D eigenvalue weighted by Crippen LogP contribution is -2.51. The van der Waals surface area contributed by atoms with Gasteiger partial charge in [-0.15, -0.1) is 0 Å². The highest BCUT2D eigenvalue weighted by Gasteiger charge is 2.32. The summed E-state index contributed by atoms with van der Waals surface area (Å²) in [4.78, 5) is 6.69. The smallest absolute Gasteiger partial charge is 0.387 e. The first-order valence-electron chi connectivity index (χ1n) is 10.1. The van der Waals surface area contributed by atoms with Gasteiger partial charge in [0.2, 0.25) is 0 Å². The van der Waals surface area contributed by atoms with Crippen LogP contribution in [0.2, 0.25) is 0 Å². The molecule has 7 nitrogen and oxygen atoms in total. The molecule has 162 valence electrons. The number of para-hydroxylation sites is 1. The summed E-state index contributed by atoms with van der Waals surface area (Å²) >= 11 is 0. The Kier molecular flexibility index (Phi) is 7.88. The third kappa shape index (κ3) is 5.93. The molecule has 2 aliphatic rings. The Hall–Kier alpha value is -2.13. The number of ether oxygens (including phenoxy) is 3. The lowest BCUT2D eigenvalue weighted by Gasteiger charge is -2.35. The van der Waals surface area contributed by atoms with Crippen molar-refractivity contribution in [3.8, 4) is 11.5 Å². The molecule has 2 saturated heterocycles. The minimum absolute atomic E-state index is 0.0444. The first-order chi connectivity index (χ1) is 14.1. The van der Waals surface area contributed by atoms with Gasteiger partial charge in [0.1, 0.15) is 0 Å². The fraction of sp³-hybridized carbons (Fsp3) is 0.650. The molecule has 2 heterocycles. The Labute approximate surface area is 170 Å². The van der Waals surface area contributed by atoms with E-state index in [2.05, 4.69) is 20.5 Å². The van der Waals surface area contributed by atoms with Gasteiger partial charge in [0.05, 0.1) is 19.3 Å². The number of nitrogens with one attached hydrogen (secondary N) is 2. The lowest BCUT2D eigenvalue weighted by atomic mass is 10.2. The largest absolute Gasteiger partial charge is 0.490 e. The van der Waals surface area contributed by atoms with Crippen LogP contribution in [-0.2, 0) is 11.3 Å². The molecule has 2 N–H and O–H groups in total. The molecule has 9 heteroatoms. The summed E-state index contributed by atoms with van der Waals surface area (Å²) in [6.07, 6.45) is 2.55. The molecule has 0 spiro atoms. The van der Waals surface area contributed by atoms with Crippen molar-refractivity contribution in [3.63, 3.8) is 0 Å². The van der Waals surface area contributed by atoms with Gasteiger partial charge in [-0.25, -0.2) is 0 Å². The van der Waals surface area contributed by atoms with Gasteiger partial charge in [-0.2, -0.15) is 8.78 Å². The number of halogens is 2. The van der Waals surface area contributed by atoms with E-state index in [1.165, 1.54) is 12.8 Å². The van der Waals surface area contributed by atoms with Crippen molar-refractivity contribution in [2.45, 2.75) is 45.1 Å². The molecule has 0 aliphatic carbocycles. The number of fused-ring (bicyclic) bond motifs is 1. The van der Waals surface area contributed by atoms with Crippen LogP contribution in [0.5, 0.6) is 11.5 Å². The van der Waals surface area contributed by atoms with E-state index in [1.807, 2.05) is 0 Å². The van der Waals surface area contributed by atoms with E-state index in [1.54, 1.807) is 32.2 Å². The standard InChI is InChI=1S/C20H30F2N4O3/c1-3-27-17-8-4-6-14(18(17)29-19(21)22)10-24-20(23-2)25-11-16-12-26-9-5-7-15(26)13-28-16/h4,6,8,15-16,19H,3,5,7,9-13H2,1-2H3,(H2,23,24,25). The molecular formula is C20H30F2N4O3. The molecule has 1 aromatic carbocycles. The predicted octanol–water partition coefficient (Wildman–Crippen LogP) is 2.21. The summed E-state index contributed by atoms with van der Waals surface area (Å²) in [5.74, 6) is 0.913. The highest BCUT2D eigenvalue weighted by molar-refractivity contribution is 5.79. The molecule has 2 fully saturated rings. The lowest BCUT2D eigenvalue weighted by molar-refractivity contribution is -0.0521. The van der Waals surface area contributed by atoms with Gasteiger partial charge in [0, 0.05) is 38.3 Å². The Morgan fingerprint density at radius 1 is 1.38 bits per heavy atom. The van der Waals surface area contributed by atoms with E-state index < -0.39 is 6.61 Å². The molecule has 29 heavy (non-hydrogen) atoms. The van der Waals surface area contributed by atoms with Gasteiger partial charge >= 0.3 is 6.61 Å². The highest BCUT2D eigenvalue weighted by Crippen LogP contribution is 2.32. The quantitative estimate of drug-likeness (QED) is 0.504. The molecular weight excluding hydrogens is 382 g/mol. The zero-order valence-corrected chi connectivity index (χ0v) is 17.0. The molecule has 0 aromatic heterocycles. The monoisotopic (exact) mass is 412 g/mol. The number of rotatable bonds is 8. The summed E-state index contributed by atoms with van der Waals surface area (Å²) in [6, 6.07) is 5.65. The summed E-state index contributed by atoms with van der Waals surface area (Å²) in [7, 11) is 1.67. The van der Waals surface area contributed by atoms with Crippen molar-refractivity contribution in [3.05, 3.63) is 23.8 Å². The number of alkyl halides is 2. The number of hydrogen-bond donors (Lipinski definition) is 2. The summed E-state index contributed by atoms with van der Waals surface area (Å²) in [5.41, 5.74) is 0.563. The van der Waals surface area contributed by atoms with Crippen molar-refractivity contribution >= 4 is 5.96 Å². The molecule has 0 saturated carbocycles. The van der Waals surface area contributed by atoms with Crippen LogP contribution in [0.15, 0.2) is 23.2 Å². The number of guanidine groups is 1. The Bertz CT molecular complexity index is 690. The van der Waals surface area contributed by atoms with Crippen LogP contribution < -0.4 is 20.1 Å². The number of hydrogen-bond acceptors (Lipinski definition) is 5. The van der Waals surface area contributed by atoms with Gasteiger partial charge in [-0.3, -0.25) is 9.89 Å². The predicted molar refractivity (Wildman–Crippen MR) is 107 cm³/mol. The summed E-state index contributed by atoms with van der Waals surface area (Å²) in [6.45, 7) is 2.95. The third-order valence-electron chi connectivity index (χ3n) is 5.20. The summed E-state index contributed by atoms with van der Waals surface area (Å²) < 4.78 is 41.8. The third-order valence-corrected chi connectivity index (χ3v) is 5.20. The SMILES string of the molecule is CCOc1cccc(CNC(=NC)NCC2CN3CCCC3CO2)c1OC(F)F. The molecule has 1 aromatic rings. The first kappa shape index (κ1) is 21.6. The summed E-state index contributed by atoms with van der Waals surface area (Å²) in [5, 5.41) is 6.40. The van der Waals surface area contributed by atoms with Crippen LogP contribution in [0.3, 0.4) is 0 Å². The van der Waals surface area contributed by atoms with Crippen LogP contribution in [0.25, 0.3) is 0 Å². The van der Waals surface area contributed by atoms with E-state index in [-0.39, 0.29) is 18.4 Å². The average molecular weight is 412 g/mol. The van der Waals surface area contributed by atoms with E-state index in [4.69, 9.17) is 14.2 Å². The van der Waals surface area contributed by atoms with Crippen molar-refractivity contribution in [1.82, 2.24) is 15.5 Å². The van der Waals surface area contributed by atoms with Crippen LogP contribution >= 0.6 is 0 Å². The second-order valence-electron chi connectivity index (χ2n) is 7.11. The second-order valence-corrected chi connectivity index (χ2v) is 7.11. The minimum atomic E-state index is -2.93. The van der Waals surface area contributed by atoms with E-state index in [0.29, 0.717) is 36.5 Å². The van der Waals surface area contributed by atoms with E-state index >= 15 is 0 Å². The van der Waals surface area contributed by atoms with Gasteiger partial charge in [0.15, 0.2) is 17.5 Å². The molecule has 2 aliphatic heterocycles. The Balaban J connectivity index is 1.54. The van der Waals surface area contributed by atoms with E-state index in [0.717, 1.165) is 19.7 Å². The number of morpholine rings is 1. The zero-order chi connectivity index (χ0) is 20.6. The normalized spacial score (nSPS) is 22.4. The molecule has 2 atom stereocenters. The fourth-order valence-corrected chi connectivity index (χ4v) is 3.81. The van der Waals surface area contributed by atoms with Crippen LogP contribution in [0.1, 0.15) is 25.3 Å². The Morgan fingerprint density at radius 2 is 2.24 bits per heavy atom. The van der Waals surface area contributed by atoms with Crippen molar-refractivity contribution in [2.24, 2.45) is 4.99 Å². The minimum Gasteiger partial charge on any atom is -0.490 e. The van der Waals surface area contributed by atoms with E-state index in [9.17, 15) is 8.78 Å². The molecule has 0 amide bonds. The number of benzene rings is 1. The molecule has 0 bridgehead atoms. The van der Waals surface area contributed by atoms with Gasteiger partial charge < -0.3 is 24.8 Å². The highest BCUT2D eigenvalue weighted by atomic mass is 19.3. The maximum atomic E-state index is 12.9. The van der Waals surface area contributed by atoms with Crippen LogP contribution in [0, 0.1) is 0 Å².